The van der Waals surface area contributed by atoms with Gasteiger partial charge in [0.05, 0.1) is 18.9 Å². The zero-order valence-electron chi connectivity index (χ0n) is 12.8. The maximum Gasteiger partial charge on any atom is 0.151 e. The van der Waals surface area contributed by atoms with Gasteiger partial charge in [0.15, 0.2) is 5.15 Å². The first-order valence-electron chi connectivity index (χ1n) is 7.30. The molecule has 20 heavy (non-hydrogen) atoms. The monoisotopic (exact) mass is 302 g/mol. The van der Waals surface area contributed by atoms with E-state index in [1.807, 2.05) is 14.1 Å². The molecule has 6 heteroatoms. The summed E-state index contributed by atoms with van der Waals surface area (Å²) >= 11 is 6.10. The van der Waals surface area contributed by atoms with Crippen LogP contribution in [-0.2, 0) is 17.7 Å². The number of imidazole rings is 1. The molecule has 0 radical (unpaired) electrons. The SMILES string of the molecule is CCCCc1nc(Cl)c(CNCCOCCN(C)C)[nH]1. The molecule has 0 spiro atoms. The van der Waals surface area contributed by atoms with Gasteiger partial charge in [-0.1, -0.05) is 24.9 Å². The molecule has 0 fully saturated rings. The minimum Gasteiger partial charge on any atom is -0.379 e. The molecule has 0 bridgehead atoms. The smallest absolute Gasteiger partial charge is 0.151 e. The molecule has 0 atom stereocenters. The number of aryl methyl sites for hydroxylation is 1. The Balaban J connectivity index is 2.13. The Morgan fingerprint density at radius 3 is 2.85 bits per heavy atom. The van der Waals surface area contributed by atoms with Crippen LogP contribution in [0.2, 0.25) is 5.15 Å². The highest BCUT2D eigenvalue weighted by atomic mass is 35.5. The number of hydrogen-bond donors (Lipinski definition) is 2. The summed E-state index contributed by atoms with van der Waals surface area (Å²) < 4.78 is 5.51. The van der Waals surface area contributed by atoms with Gasteiger partial charge in [0, 0.05) is 26.1 Å². The standard InChI is InChI=1S/C14H27ClN4O/c1-4-5-6-13-17-12(14(15)18-13)11-16-7-9-20-10-8-19(2)3/h16H,4-11H2,1-3H3,(H,17,18). The normalized spacial score (nSPS) is 11.4. The Morgan fingerprint density at radius 2 is 2.15 bits per heavy atom. The van der Waals surface area contributed by atoms with E-state index in [9.17, 15) is 0 Å². The molecular weight excluding hydrogens is 276 g/mol. The van der Waals surface area contributed by atoms with Crippen LogP contribution in [-0.4, -0.2) is 55.3 Å². The second-order valence-electron chi connectivity index (χ2n) is 5.15. The summed E-state index contributed by atoms with van der Waals surface area (Å²) in [6.07, 6.45) is 3.26. The molecule has 0 saturated heterocycles. The topological polar surface area (TPSA) is 53.2 Å². The van der Waals surface area contributed by atoms with Crippen molar-refractivity contribution in [2.75, 3.05) is 40.4 Å². The molecule has 1 rings (SSSR count). The van der Waals surface area contributed by atoms with Crippen LogP contribution in [0, 0.1) is 0 Å². The molecule has 0 aliphatic heterocycles. The third-order valence-corrected chi connectivity index (χ3v) is 3.26. The van der Waals surface area contributed by atoms with Crippen molar-refractivity contribution >= 4 is 11.6 Å². The maximum atomic E-state index is 6.10. The van der Waals surface area contributed by atoms with Crippen LogP contribution in [0.25, 0.3) is 0 Å². The average molecular weight is 303 g/mol. The van der Waals surface area contributed by atoms with E-state index in [2.05, 4.69) is 27.1 Å². The van der Waals surface area contributed by atoms with Crippen molar-refractivity contribution in [3.05, 3.63) is 16.7 Å². The van der Waals surface area contributed by atoms with Crippen LogP contribution < -0.4 is 5.32 Å². The molecule has 0 unspecified atom stereocenters. The Kier molecular flexibility index (Phi) is 8.85. The van der Waals surface area contributed by atoms with E-state index in [1.165, 1.54) is 0 Å². The largest absolute Gasteiger partial charge is 0.379 e. The molecule has 1 heterocycles. The predicted octanol–water partition coefficient (Wildman–Crippen LogP) is 2.07. The van der Waals surface area contributed by atoms with Gasteiger partial charge in [-0.05, 0) is 20.5 Å². The number of H-pyrrole nitrogens is 1. The second-order valence-corrected chi connectivity index (χ2v) is 5.51. The fourth-order valence-corrected chi connectivity index (χ4v) is 1.94. The lowest BCUT2D eigenvalue weighted by molar-refractivity contribution is 0.119. The molecular formula is C14H27ClN4O. The van der Waals surface area contributed by atoms with Crippen LogP contribution in [0.3, 0.4) is 0 Å². The Labute approximate surface area is 127 Å². The molecule has 0 aliphatic rings. The number of likely N-dealkylation sites (N-methyl/N-ethyl adjacent to an activating group) is 1. The van der Waals surface area contributed by atoms with Gasteiger partial charge in [-0.2, -0.15) is 0 Å². The summed E-state index contributed by atoms with van der Waals surface area (Å²) in [6.45, 7) is 6.11. The number of aromatic amines is 1. The van der Waals surface area contributed by atoms with Crippen LogP contribution in [0.15, 0.2) is 0 Å². The lowest BCUT2D eigenvalue weighted by atomic mass is 10.2. The van der Waals surface area contributed by atoms with Crippen LogP contribution in [0.1, 0.15) is 31.3 Å². The van der Waals surface area contributed by atoms with Gasteiger partial charge in [0.2, 0.25) is 0 Å². The van der Waals surface area contributed by atoms with E-state index in [4.69, 9.17) is 16.3 Å². The van der Waals surface area contributed by atoms with Crippen molar-refractivity contribution in [3.8, 4) is 0 Å². The molecule has 2 N–H and O–H groups in total. The lowest BCUT2D eigenvalue weighted by Gasteiger charge is -2.10. The fraction of sp³-hybridized carbons (Fsp3) is 0.786. The third-order valence-electron chi connectivity index (χ3n) is 2.95. The number of hydrogen-bond acceptors (Lipinski definition) is 4. The molecule has 0 saturated carbocycles. The molecule has 0 aromatic carbocycles. The average Bonchev–Trinajstić information content (AvgIpc) is 2.75. The first-order valence-corrected chi connectivity index (χ1v) is 7.67. The van der Waals surface area contributed by atoms with Crippen molar-refractivity contribution < 1.29 is 4.74 Å². The number of nitrogens with one attached hydrogen (secondary N) is 2. The van der Waals surface area contributed by atoms with Gasteiger partial charge in [0.25, 0.3) is 0 Å². The Morgan fingerprint density at radius 1 is 1.35 bits per heavy atom. The number of aromatic nitrogens is 2. The van der Waals surface area contributed by atoms with Crippen molar-refractivity contribution in [2.24, 2.45) is 0 Å². The molecule has 0 aliphatic carbocycles. The summed E-state index contributed by atoms with van der Waals surface area (Å²) in [5, 5.41) is 3.89. The summed E-state index contributed by atoms with van der Waals surface area (Å²) in [6, 6.07) is 0. The zero-order chi connectivity index (χ0) is 14.8. The number of nitrogens with zero attached hydrogens (tertiary/aromatic N) is 2. The summed E-state index contributed by atoms with van der Waals surface area (Å²) in [5.41, 5.74) is 0.964. The molecule has 0 amide bonds. The van der Waals surface area contributed by atoms with Crippen molar-refractivity contribution in [3.63, 3.8) is 0 Å². The van der Waals surface area contributed by atoms with E-state index in [1.54, 1.807) is 0 Å². The van der Waals surface area contributed by atoms with E-state index in [0.717, 1.165) is 50.5 Å². The predicted molar refractivity (Wildman–Crippen MR) is 83.3 cm³/mol. The first kappa shape index (κ1) is 17.4. The summed E-state index contributed by atoms with van der Waals surface area (Å²) in [7, 11) is 4.08. The number of rotatable bonds is 11. The highest BCUT2D eigenvalue weighted by Gasteiger charge is 2.07. The van der Waals surface area contributed by atoms with Crippen molar-refractivity contribution in [1.29, 1.82) is 0 Å². The number of ether oxygens (including phenoxy) is 1. The Hall–Kier alpha value is -0.620. The highest BCUT2D eigenvalue weighted by molar-refractivity contribution is 6.30. The highest BCUT2D eigenvalue weighted by Crippen LogP contribution is 2.13. The molecule has 116 valence electrons. The van der Waals surface area contributed by atoms with Gasteiger partial charge in [-0.15, -0.1) is 0 Å². The Bertz CT molecular complexity index is 368. The van der Waals surface area contributed by atoms with Gasteiger partial charge in [-0.3, -0.25) is 0 Å². The van der Waals surface area contributed by atoms with Crippen LogP contribution in [0.5, 0.6) is 0 Å². The fourth-order valence-electron chi connectivity index (χ4n) is 1.73. The number of unbranched alkanes of at least 4 members (excludes halogenated alkanes) is 1. The van der Waals surface area contributed by atoms with E-state index >= 15 is 0 Å². The van der Waals surface area contributed by atoms with Crippen molar-refractivity contribution in [2.45, 2.75) is 32.7 Å². The molecule has 1 aromatic rings. The van der Waals surface area contributed by atoms with Crippen molar-refractivity contribution in [1.82, 2.24) is 20.2 Å². The quantitative estimate of drug-likeness (QED) is 0.615. The second kappa shape index (κ2) is 10.2. The van der Waals surface area contributed by atoms with Crippen LogP contribution in [0.4, 0.5) is 0 Å². The minimum absolute atomic E-state index is 0.581. The first-order chi connectivity index (χ1) is 9.63. The molecule has 5 nitrogen and oxygen atoms in total. The van der Waals surface area contributed by atoms with Gasteiger partial charge >= 0.3 is 0 Å². The number of halogens is 1. The van der Waals surface area contributed by atoms with E-state index < -0.39 is 0 Å². The molecule has 1 aromatic heterocycles. The zero-order valence-corrected chi connectivity index (χ0v) is 13.6. The minimum atomic E-state index is 0.581. The summed E-state index contributed by atoms with van der Waals surface area (Å²) in [4.78, 5) is 9.72. The maximum absolute atomic E-state index is 6.10. The van der Waals surface area contributed by atoms with Gasteiger partial charge in [-0.25, -0.2) is 4.98 Å². The third kappa shape index (κ3) is 7.24. The van der Waals surface area contributed by atoms with E-state index in [-0.39, 0.29) is 0 Å². The van der Waals surface area contributed by atoms with E-state index in [0.29, 0.717) is 18.3 Å². The van der Waals surface area contributed by atoms with Crippen LogP contribution >= 0.6 is 11.6 Å². The lowest BCUT2D eigenvalue weighted by Crippen LogP contribution is -2.23. The van der Waals surface area contributed by atoms with Gasteiger partial charge in [0.1, 0.15) is 5.82 Å². The van der Waals surface area contributed by atoms with Gasteiger partial charge < -0.3 is 19.9 Å². The summed E-state index contributed by atoms with van der Waals surface area (Å²) in [5.74, 6) is 0.982.